The molecule has 2 aromatic carbocycles. The molecule has 0 radical (unpaired) electrons. The van der Waals surface area contributed by atoms with E-state index in [2.05, 4.69) is 4.74 Å². The Hall–Kier alpha value is -2.82. The Balaban J connectivity index is 2.32. The number of aromatic hydroxyl groups is 1. The second kappa shape index (κ2) is 5.88. The van der Waals surface area contributed by atoms with Crippen molar-refractivity contribution in [3.05, 3.63) is 59.7 Å². The molecule has 0 amide bonds. The van der Waals surface area contributed by atoms with E-state index in [0.717, 1.165) is 7.11 Å². The van der Waals surface area contributed by atoms with Gasteiger partial charge in [0, 0.05) is 11.1 Å². The summed E-state index contributed by atoms with van der Waals surface area (Å²) in [6.45, 7) is 0. The van der Waals surface area contributed by atoms with Crippen molar-refractivity contribution >= 4 is 11.9 Å². The van der Waals surface area contributed by atoms with Gasteiger partial charge in [0.25, 0.3) is 0 Å². The predicted octanol–water partition coefficient (Wildman–Crippen LogP) is 2.77. The molecule has 0 unspecified atom stereocenters. The molecular formula is C15H12O5. The molecule has 0 aliphatic carbocycles. The van der Waals surface area contributed by atoms with Crippen LogP contribution in [0.1, 0.15) is 15.9 Å². The van der Waals surface area contributed by atoms with E-state index in [-0.39, 0.29) is 17.3 Å². The minimum absolute atomic E-state index is 0.126. The van der Waals surface area contributed by atoms with Crippen molar-refractivity contribution in [3.63, 3.8) is 0 Å². The summed E-state index contributed by atoms with van der Waals surface area (Å²) in [5.41, 5.74) is 0.801. The Bertz CT molecular complexity index is 634. The van der Waals surface area contributed by atoms with Crippen LogP contribution in [0.25, 0.3) is 0 Å². The minimum Gasteiger partial charge on any atom is -0.504 e. The van der Waals surface area contributed by atoms with Gasteiger partial charge in [0.2, 0.25) is 0 Å². The summed E-state index contributed by atoms with van der Waals surface area (Å²) in [6.07, 6.45) is -0.968. The lowest BCUT2D eigenvalue weighted by Gasteiger charge is -2.07. The summed E-state index contributed by atoms with van der Waals surface area (Å²) < 4.78 is 9.09. The van der Waals surface area contributed by atoms with Crippen LogP contribution >= 0.6 is 0 Å². The molecule has 20 heavy (non-hydrogen) atoms. The van der Waals surface area contributed by atoms with Crippen LogP contribution in [-0.2, 0) is 4.74 Å². The molecule has 0 aromatic heterocycles. The van der Waals surface area contributed by atoms with Crippen molar-refractivity contribution in [2.45, 2.75) is 0 Å². The van der Waals surface area contributed by atoms with E-state index in [9.17, 15) is 14.7 Å². The molecule has 5 nitrogen and oxygen atoms in total. The van der Waals surface area contributed by atoms with Crippen LogP contribution in [0.2, 0.25) is 0 Å². The van der Waals surface area contributed by atoms with Gasteiger partial charge in [-0.25, -0.2) is 4.79 Å². The molecule has 0 spiro atoms. The van der Waals surface area contributed by atoms with Crippen LogP contribution in [0.5, 0.6) is 11.5 Å². The normalized spacial score (nSPS) is 9.85. The quantitative estimate of drug-likeness (QED) is 0.528. The largest absolute Gasteiger partial charge is 0.513 e. The van der Waals surface area contributed by atoms with Crippen molar-refractivity contribution in [3.8, 4) is 11.5 Å². The van der Waals surface area contributed by atoms with E-state index in [0.29, 0.717) is 11.1 Å². The number of phenolic OH excluding ortho intramolecular Hbond substituents is 1. The third kappa shape index (κ3) is 2.95. The van der Waals surface area contributed by atoms with Gasteiger partial charge in [-0.3, -0.25) is 4.79 Å². The molecular weight excluding hydrogens is 260 g/mol. The topological polar surface area (TPSA) is 72.8 Å². The van der Waals surface area contributed by atoms with E-state index < -0.39 is 6.16 Å². The number of hydrogen-bond acceptors (Lipinski definition) is 5. The summed E-state index contributed by atoms with van der Waals surface area (Å²) in [5.74, 6) is -0.612. The highest BCUT2D eigenvalue weighted by atomic mass is 16.7. The average Bonchev–Trinajstić information content (AvgIpc) is 2.49. The maximum absolute atomic E-state index is 12.2. The van der Waals surface area contributed by atoms with E-state index in [4.69, 9.17) is 4.74 Å². The molecule has 102 valence electrons. The maximum Gasteiger partial charge on any atom is 0.513 e. The van der Waals surface area contributed by atoms with Crippen molar-refractivity contribution in [2.24, 2.45) is 0 Å². The Morgan fingerprint density at radius 2 is 1.70 bits per heavy atom. The molecule has 0 aliphatic rings. The predicted molar refractivity (Wildman–Crippen MR) is 71.0 cm³/mol. The number of phenols is 1. The number of methoxy groups -OCH3 is 1. The lowest BCUT2D eigenvalue weighted by atomic mass is 10.0. The first-order chi connectivity index (χ1) is 9.61. The van der Waals surface area contributed by atoms with Gasteiger partial charge in [0.1, 0.15) is 0 Å². The van der Waals surface area contributed by atoms with Crippen molar-refractivity contribution < 1.29 is 24.2 Å². The Kier molecular flexibility index (Phi) is 4.00. The fourth-order valence-electron chi connectivity index (χ4n) is 1.62. The minimum atomic E-state index is -0.968. The van der Waals surface area contributed by atoms with E-state index in [1.54, 1.807) is 30.3 Å². The summed E-state index contributed by atoms with van der Waals surface area (Å²) in [5, 5.41) is 9.59. The SMILES string of the molecule is COC(=O)Oc1cc(C(=O)c2ccccc2)ccc1O. The highest BCUT2D eigenvalue weighted by Crippen LogP contribution is 2.28. The van der Waals surface area contributed by atoms with Crippen LogP contribution in [-0.4, -0.2) is 24.2 Å². The third-order valence-electron chi connectivity index (χ3n) is 2.62. The molecule has 5 heteroatoms. The molecule has 1 N–H and O–H groups in total. The van der Waals surface area contributed by atoms with Gasteiger partial charge < -0.3 is 14.6 Å². The zero-order valence-electron chi connectivity index (χ0n) is 10.7. The molecule has 0 bridgehead atoms. The fourth-order valence-corrected chi connectivity index (χ4v) is 1.62. The average molecular weight is 272 g/mol. The van der Waals surface area contributed by atoms with Gasteiger partial charge in [0.15, 0.2) is 17.3 Å². The molecule has 2 aromatic rings. The second-order valence-corrected chi connectivity index (χ2v) is 3.93. The van der Waals surface area contributed by atoms with E-state index in [1.807, 2.05) is 0 Å². The van der Waals surface area contributed by atoms with E-state index in [1.165, 1.54) is 18.2 Å². The zero-order chi connectivity index (χ0) is 14.5. The first-order valence-corrected chi connectivity index (χ1v) is 5.80. The van der Waals surface area contributed by atoms with Crippen LogP contribution in [0.4, 0.5) is 4.79 Å². The molecule has 0 fully saturated rings. The molecule has 0 atom stereocenters. The third-order valence-corrected chi connectivity index (χ3v) is 2.62. The van der Waals surface area contributed by atoms with E-state index >= 15 is 0 Å². The number of ketones is 1. The smallest absolute Gasteiger partial charge is 0.504 e. The molecule has 0 saturated heterocycles. The second-order valence-electron chi connectivity index (χ2n) is 3.93. The van der Waals surface area contributed by atoms with Gasteiger partial charge in [-0.1, -0.05) is 30.3 Å². The molecule has 0 aliphatic heterocycles. The zero-order valence-corrected chi connectivity index (χ0v) is 10.7. The Morgan fingerprint density at radius 3 is 2.35 bits per heavy atom. The summed E-state index contributed by atoms with van der Waals surface area (Å²) in [7, 11) is 1.15. The standard InChI is InChI=1S/C15H12O5/c1-19-15(18)20-13-9-11(7-8-12(13)16)14(17)10-5-3-2-4-6-10/h2-9,16H,1H3. The summed E-state index contributed by atoms with van der Waals surface area (Å²) >= 11 is 0. The van der Waals surface area contributed by atoms with Crippen LogP contribution in [0.15, 0.2) is 48.5 Å². The number of ether oxygens (including phenoxy) is 2. The number of rotatable bonds is 3. The monoisotopic (exact) mass is 272 g/mol. The number of hydrogen-bond donors (Lipinski definition) is 1. The van der Waals surface area contributed by atoms with Gasteiger partial charge in [-0.2, -0.15) is 0 Å². The van der Waals surface area contributed by atoms with Gasteiger partial charge in [-0.05, 0) is 18.2 Å². The Morgan fingerprint density at radius 1 is 1.00 bits per heavy atom. The lowest BCUT2D eigenvalue weighted by Crippen LogP contribution is -2.08. The molecule has 2 rings (SSSR count). The van der Waals surface area contributed by atoms with Crippen molar-refractivity contribution in [2.75, 3.05) is 7.11 Å². The fraction of sp³-hybridized carbons (Fsp3) is 0.0667. The number of carbonyl (C=O) groups is 2. The highest BCUT2D eigenvalue weighted by molar-refractivity contribution is 6.09. The van der Waals surface area contributed by atoms with Crippen LogP contribution in [0, 0.1) is 0 Å². The first-order valence-electron chi connectivity index (χ1n) is 5.80. The Labute approximate surface area is 115 Å². The van der Waals surface area contributed by atoms with Crippen LogP contribution in [0.3, 0.4) is 0 Å². The molecule has 0 saturated carbocycles. The highest BCUT2D eigenvalue weighted by Gasteiger charge is 2.14. The summed E-state index contributed by atoms with van der Waals surface area (Å²) in [4.78, 5) is 23.3. The van der Waals surface area contributed by atoms with Gasteiger partial charge >= 0.3 is 6.16 Å². The summed E-state index contributed by atoms with van der Waals surface area (Å²) in [6, 6.07) is 12.7. The number of carbonyl (C=O) groups excluding carboxylic acids is 2. The van der Waals surface area contributed by atoms with Gasteiger partial charge in [-0.15, -0.1) is 0 Å². The van der Waals surface area contributed by atoms with Gasteiger partial charge in [0.05, 0.1) is 7.11 Å². The first kappa shape index (κ1) is 13.6. The van der Waals surface area contributed by atoms with Crippen LogP contribution < -0.4 is 4.74 Å². The van der Waals surface area contributed by atoms with Crippen molar-refractivity contribution in [1.29, 1.82) is 0 Å². The molecule has 0 heterocycles. The lowest BCUT2D eigenvalue weighted by molar-refractivity contribution is 0.103. The van der Waals surface area contributed by atoms with Crippen molar-refractivity contribution in [1.82, 2.24) is 0 Å². The maximum atomic E-state index is 12.2. The number of benzene rings is 2.